The Kier molecular flexibility index (Phi) is 8.62. The van der Waals surface area contributed by atoms with Crippen LogP contribution in [0.15, 0.2) is 35.4 Å². The first-order valence-electron chi connectivity index (χ1n) is 9.21. The van der Waals surface area contributed by atoms with E-state index in [4.69, 9.17) is 55.9 Å². The average molecular weight is 492 g/mol. The first-order chi connectivity index (χ1) is 14.4. The summed E-state index contributed by atoms with van der Waals surface area (Å²) in [5.41, 5.74) is 3.97. The van der Waals surface area contributed by atoms with Gasteiger partial charge in [0, 0.05) is 0 Å². The quantitative estimate of drug-likeness (QED) is 0.461. The molecule has 6 nitrogen and oxygen atoms in total. The third-order valence-electron chi connectivity index (χ3n) is 4.40. The number of carbonyl (C=O) groups is 1. The summed E-state index contributed by atoms with van der Waals surface area (Å²) in [5, 5.41) is 5.54. The molecule has 2 aromatic carbocycles. The van der Waals surface area contributed by atoms with Crippen LogP contribution in [0.5, 0.6) is 5.75 Å². The van der Waals surface area contributed by atoms with Gasteiger partial charge in [0.05, 0.1) is 39.5 Å². The number of nitrogens with one attached hydrogen (secondary N) is 2. The second kappa shape index (κ2) is 11.2. The SMILES string of the molecule is O=C(C[NH+]1CCOCC1)NN=Cc1cc(Cl)c(OCc2ccc(Cl)c(Cl)c2)c(Cl)c1. The van der Waals surface area contributed by atoms with Crippen molar-refractivity contribution in [2.45, 2.75) is 6.61 Å². The first kappa shape index (κ1) is 23.1. The van der Waals surface area contributed by atoms with Crippen molar-refractivity contribution in [3.63, 3.8) is 0 Å². The Balaban J connectivity index is 1.56. The summed E-state index contributed by atoms with van der Waals surface area (Å²) >= 11 is 24.5. The van der Waals surface area contributed by atoms with Gasteiger partial charge in [-0.2, -0.15) is 5.10 Å². The molecule has 1 heterocycles. The minimum absolute atomic E-state index is 0.165. The molecule has 0 aliphatic carbocycles. The minimum Gasteiger partial charge on any atom is -0.486 e. The van der Waals surface area contributed by atoms with Gasteiger partial charge < -0.3 is 14.4 Å². The van der Waals surface area contributed by atoms with E-state index in [1.165, 1.54) is 11.1 Å². The molecule has 30 heavy (non-hydrogen) atoms. The predicted octanol–water partition coefficient (Wildman–Crippen LogP) is 3.24. The van der Waals surface area contributed by atoms with Gasteiger partial charge in [-0.3, -0.25) is 4.79 Å². The fraction of sp³-hybridized carbons (Fsp3) is 0.300. The lowest BCUT2D eigenvalue weighted by Crippen LogP contribution is -3.15. The summed E-state index contributed by atoms with van der Waals surface area (Å²) < 4.78 is 11.0. The number of halogens is 4. The van der Waals surface area contributed by atoms with Gasteiger partial charge in [0.2, 0.25) is 0 Å². The van der Waals surface area contributed by atoms with Gasteiger partial charge >= 0.3 is 0 Å². The van der Waals surface area contributed by atoms with Gasteiger partial charge in [-0.25, -0.2) is 5.43 Å². The van der Waals surface area contributed by atoms with Crippen LogP contribution in [0.2, 0.25) is 20.1 Å². The third-order valence-corrected chi connectivity index (χ3v) is 5.70. The fourth-order valence-electron chi connectivity index (χ4n) is 2.86. The van der Waals surface area contributed by atoms with Crippen LogP contribution in [0.3, 0.4) is 0 Å². The van der Waals surface area contributed by atoms with Crippen molar-refractivity contribution >= 4 is 58.5 Å². The highest BCUT2D eigenvalue weighted by Crippen LogP contribution is 2.34. The number of amides is 1. The Labute approximate surface area is 194 Å². The molecule has 0 atom stereocenters. The van der Waals surface area contributed by atoms with Crippen LogP contribution < -0.4 is 15.1 Å². The Bertz CT molecular complexity index is 911. The summed E-state index contributed by atoms with van der Waals surface area (Å²) in [6.45, 7) is 3.54. The van der Waals surface area contributed by atoms with Crippen LogP contribution in [-0.2, 0) is 16.1 Å². The van der Waals surface area contributed by atoms with Crippen molar-refractivity contribution < 1.29 is 19.2 Å². The highest BCUT2D eigenvalue weighted by molar-refractivity contribution is 6.42. The standard InChI is InChI=1S/C20H19Cl4N3O3/c21-15-2-1-13(7-16(15)22)12-30-20-17(23)8-14(9-18(20)24)10-25-26-19(28)11-27-3-5-29-6-4-27/h1-2,7-10H,3-6,11-12H2,(H,26,28)/p+1. The smallest absolute Gasteiger partial charge is 0.295 e. The van der Waals surface area contributed by atoms with Crippen LogP contribution in [0.25, 0.3) is 0 Å². The lowest BCUT2D eigenvalue weighted by atomic mass is 10.2. The average Bonchev–Trinajstić information content (AvgIpc) is 2.71. The van der Waals surface area contributed by atoms with E-state index < -0.39 is 0 Å². The molecule has 0 spiro atoms. The maximum absolute atomic E-state index is 12.0. The summed E-state index contributed by atoms with van der Waals surface area (Å²) in [6.07, 6.45) is 1.48. The van der Waals surface area contributed by atoms with E-state index in [1.807, 2.05) is 0 Å². The Morgan fingerprint density at radius 2 is 1.77 bits per heavy atom. The number of benzene rings is 2. The van der Waals surface area contributed by atoms with E-state index in [2.05, 4.69) is 10.5 Å². The van der Waals surface area contributed by atoms with Crippen LogP contribution in [0.1, 0.15) is 11.1 Å². The van der Waals surface area contributed by atoms with Crippen molar-refractivity contribution in [2.75, 3.05) is 32.8 Å². The molecule has 1 saturated heterocycles. The van der Waals surface area contributed by atoms with Crippen molar-refractivity contribution in [3.8, 4) is 5.75 Å². The van der Waals surface area contributed by atoms with Gasteiger partial charge in [0.15, 0.2) is 12.3 Å². The zero-order valence-corrected chi connectivity index (χ0v) is 18.9. The molecule has 0 unspecified atom stereocenters. The van der Waals surface area contributed by atoms with Gasteiger partial charge in [0.1, 0.15) is 19.7 Å². The second-order valence-corrected chi connectivity index (χ2v) is 8.31. The van der Waals surface area contributed by atoms with E-state index in [1.54, 1.807) is 30.3 Å². The predicted molar refractivity (Wildman–Crippen MR) is 119 cm³/mol. The molecule has 1 aliphatic heterocycles. The molecule has 2 N–H and O–H groups in total. The van der Waals surface area contributed by atoms with Crippen molar-refractivity contribution in [3.05, 3.63) is 61.5 Å². The number of carbonyl (C=O) groups excluding carboxylic acids is 1. The first-order valence-corrected chi connectivity index (χ1v) is 10.7. The molecule has 1 fully saturated rings. The Morgan fingerprint density at radius 1 is 1.07 bits per heavy atom. The molecule has 0 aromatic heterocycles. The minimum atomic E-state index is -0.165. The number of hydrazone groups is 1. The monoisotopic (exact) mass is 490 g/mol. The summed E-state index contributed by atoms with van der Waals surface area (Å²) in [4.78, 5) is 13.1. The van der Waals surface area contributed by atoms with Gasteiger partial charge in [-0.05, 0) is 35.4 Å². The maximum atomic E-state index is 12.0. The van der Waals surface area contributed by atoms with Crippen molar-refractivity contribution in [1.82, 2.24) is 5.43 Å². The highest BCUT2D eigenvalue weighted by Gasteiger charge is 2.17. The molecule has 1 amide bonds. The topological polar surface area (TPSA) is 64.4 Å². The van der Waals surface area contributed by atoms with Crippen molar-refractivity contribution in [2.24, 2.45) is 5.10 Å². The lowest BCUT2D eigenvalue weighted by Gasteiger charge is -2.22. The number of rotatable bonds is 7. The molecule has 10 heteroatoms. The molecule has 0 bridgehead atoms. The highest BCUT2D eigenvalue weighted by atomic mass is 35.5. The Hall–Kier alpha value is -1.54. The molecule has 2 aromatic rings. The second-order valence-electron chi connectivity index (χ2n) is 6.68. The number of hydrogen-bond acceptors (Lipinski definition) is 4. The summed E-state index contributed by atoms with van der Waals surface area (Å²) in [5.74, 6) is 0.184. The van der Waals surface area contributed by atoms with Crippen LogP contribution >= 0.6 is 46.4 Å². The van der Waals surface area contributed by atoms with E-state index in [-0.39, 0.29) is 12.5 Å². The van der Waals surface area contributed by atoms with Gasteiger partial charge in [0.25, 0.3) is 5.91 Å². The van der Waals surface area contributed by atoms with Crippen molar-refractivity contribution in [1.29, 1.82) is 0 Å². The largest absolute Gasteiger partial charge is 0.486 e. The Morgan fingerprint density at radius 3 is 2.43 bits per heavy atom. The molecular formula is C20H20Cl4N3O3+. The van der Waals surface area contributed by atoms with E-state index in [9.17, 15) is 4.79 Å². The lowest BCUT2D eigenvalue weighted by molar-refractivity contribution is -0.900. The molecular weight excluding hydrogens is 472 g/mol. The number of quaternary nitrogens is 1. The maximum Gasteiger partial charge on any atom is 0.295 e. The number of hydrogen-bond donors (Lipinski definition) is 2. The third kappa shape index (κ3) is 6.74. The van der Waals surface area contributed by atoms with E-state index in [0.29, 0.717) is 51.2 Å². The molecule has 0 saturated carbocycles. The van der Waals surface area contributed by atoms with E-state index >= 15 is 0 Å². The molecule has 1 aliphatic rings. The zero-order valence-electron chi connectivity index (χ0n) is 15.9. The number of ether oxygens (including phenoxy) is 2. The fourth-order valence-corrected chi connectivity index (χ4v) is 3.79. The van der Waals surface area contributed by atoms with Gasteiger partial charge in [-0.1, -0.05) is 52.5 Å². The molecule has 3 rings (SSSR count). The molecule has 160 valence electrons. The van der Waals surface area contributed by atoms with Gasteiger partial charge in [-0.15, -0.1) is 0 Å². The van der Waals surface area contributed by atoms with Crippen LogP contribution in [0.4, 0.5) is 0 Å². The molecule has 0 radical (unpaired) electrons. The summed E-state index contributed by atoms with van der Waals surface area (Å²) in [7, 11) is 0. The normalized spacial score (nSPS) is 14.8. The van der Waals surface area contributed by atoms with E-state index in [0.717, 1.165) is 18.7 Å². The number of morpholine rings is 1. The van der Waals surface area contributed by atoms with Crippen LogP contribution in [0, 0.1) is 0 Å². The summed E-state index contributed by atoms with van der Waals surface area (Å²) in [6, 6.07) is 8.52. The zero-order chi connectivity index (χ0) is 21.5. The van der Waals surface area contributed by atoms with Crippen LogP contribution in [-0.4, -0.2) is 45.0 Å². The number of nitrogens with zero attached hydrogens (tertiary/aromatic N) is 1.